The topological polar surface area (TPSA) is 15.3 Å². The maximum atomic E-state index is 3.68. The minimum Gasteiger partial charge on any atom is -0.314 e. The van der Waals surface area contributed by atoms with E-state index in [1.165, 1.54) is 50.8 Å². The average Bonchev–Trinajstić information content (AvgIpc) is 2.48. The second-order valence-corrected chi connectivity index (χ2v) is 6.22. The number of fused-ring (bicyclic) bond motifs is 1. The van der Waals surface area contributed by atoms with Crippen LogP contribution >= 0.6 is 0 Å². The molecule has 2 unspecified atom stereocenters. The van der Waals surface area contributed by atoms with Gasteiger partial charge >= 0.3 is 0 Å². The molecule has 1 aromatic carbocycles. The van der Waals surface area contributed by atoms with Crippen molar-refractivity contribution < 1.29 is 0 Å². The van der Waals surface area contributed by atoms with Gasteiger partial charge in [0.05, 0.1) is 0 Å². The molecule has 0 aromatic heterocycles. The molecule has 0 radical (unpaired) electrons. The van der Waals surface area contributed by atoms with Crippen LogP contribution in [0.5, 0.6) is 0 Å². The van der Waals surface area contributed by atoms with Crippen LogP contribution in [0.3, 0.4) is 0 Å². The summed E-state index contributed by atoms with van der Waals surface area (Å²) in [4.78, 5) is 2.67. The molecule has 3 rings (SSSR count). The SMILES string of the molecule is CC(CC1CCCCN1)N1CCc2ccccc2C1. The summed E-state index contributed by atoms with van der Waals surface area (Å²) in [6, 6.07) is 10.4. The lowest BCUT2D eigenvalue weighted by molar-refractivity contribution is 0.164. The highest BCUT2D eigenvalue weighted by Crippen LogP contribution is 2.23. The zero-order valence-electron chi connectivity index (χ0n) is 12.1. The number of hydrogen-bond donors (Lipinski definition) is 1. The van der Waals surface area contributed by atoms with E-state index in [0.717, 1.165) is 12.6 Å². The van der Waals surface area contributed by atoms with Gasteiger partial charge in [-0.15, -0.1) is 0 Å². The van der Waals surface area contributed by atoms with E-state index in [1.807, 2.05) is 0 Å². The maximum Gasteiger partial charge on any atom is 0.0239 e. The lowest BCUT2D eigenvalue weighted by Crippen LogP contribution is -2.43. The highest BCUT2D eigenvalue weighted by molar-refractivity contribution is 5.29. The van der Waals surface area contributed by atoms with Crippen molar-refractivity contribution in [2.75, 3.05) is 13.1 Å². The Labute approximate surface area is 117 Å². The molecule has 2 heteroatoms. The lowest BCUT2D eigenvalue weighted by atomic mass is 9.95. The van der Waals surface area contributed by atoms with Gasteiger partial charge in [-0.3, -0.25) is 4.90 Å². The first kappa shape index (κ1) is 13.1. The van der Waals surface area contributed by atoms with E-state index in [2.05, 4.69) is 41.4 Å². The Morgan fingerprint density at radius 1 is 1.26 bits per heavy atom. The molecule has 0 aliphatic carbocycles. The largest absolute Gasteiger partial charge is 0.314 e. The van der Waals surface area contributed by atoms with Gasteiger partial charge in [-0.1, -0.05) is 30.7 Å². The van der Waals surface area contributed by atoms with Crippen LogP contribution in [-0.2, 0) is 13.0 Å². The summed E-state index contributed by atoms with van der Waals surface area (Å²) < 4.78 is 0. The van der Waals surface area contributed by atoms with Crippen LogP contribution in [0.15, 0.2) is 24.3 Å². The molecule has 0 spiro atoms. The van der Waals surface area contributed by atoms with Crippen molar-refractivity contribution in [2.24, 2.45) is 0 Å². The van der Waals surface area contributed by atoms with Gasteiger partial charge in [0.15, 0.2) is 0 Å². The molecule has 19 heavy (non-hydrogen) atoms. The van der Waals surface area contributed by atoms with E-state index in [-0.39, 0.29) is 0 Å². The normalized spacial score (nSPS) is 25.8. The third-order valence-corrected chi connectivity index (χ3v) is 4.82. The molecule has 1 saturated heterocycles. The molecule has 104 valence electrons. The number of nitrogens with zero attached hydrogens (tertiary/aromatic N) is 1. The summed E-state index contributed by atoms with van der Waals surface area (Å²) in [7, 11) is 0. The first-order valence-electron chi connectivity index (χ1n) is 7.87. The summed E-state index contributed by atoms with van der Waals surface area (Å²) in [6.45, 7) is 6.00. The predicted octanol–water partition coefficient (Wildman–Crippen LogP) is 2.97. The van der Waals surface area contributed by atoms with E-state index in [4.69, 9.17) is 0 Å². The highest BCUT2D eigenvalue weighted by atomic mass is 15.2. The Kier molecular flexibility index (Phi) is 4.19. The molecule has 0 amide bonds. The van der Waals surface area contributed by atoms with Gasteiger partial charge in [-0.05, 0) is 50.3 Å². The van der Waals surface area contributed by atoms with E-state index in [1.54, 1.807) is 5.56 Å². The molecule has 2 aliphatic rings. The van der Waals surface area contributed by atoms with Crippen molar-refractivity contribution in [3.05, 3.63) is 35.4 Å². The third-order valence-electron chi connectivity index (χ3n) is 4.82. The molecule has 2 atom stereocenters. The first-order chi connectivity index (χ1) is 9.33. The van der Waals surface area contributed by atoms with Gasteiger partial charge in [-0.2, -0.15) is 0 Å². The number of piperidine rings is 1. The highest BCUT2D eigenvalue weighted by Gasteiger charge is 2.23. The standard InChI is InChI=1S/C17H26N2/c1-14(12-17-8-4-5-10-18-17)19-11-9-15-6-2-3-7-16(15)13-19/h2-3,6-7,14,17-18H,4-5,8-13H2,1H3. The monoisotopic (exact) mass is 258 g/mol. The maximum absolute atomic E-state index is 3.68. The van der Waals surface area contributed by atoms with Crippen LogP contribution in [0.25, 0.3) is 0 Å². The van der Waals surface area contributed by atoms with Crippen LogP contribution in [0.1, 0.15) is 43.7 Å². The van der Waals surface area contributed by atoms with Crippen LogP contribution in [-0.4, -0.2) is 30.1 Å². The third kappa shape index (κ3) is 3.18. The fraction of sp³-hybridized carbons (Fsp3) is 0.647. The van der Waals surface area contributed by atoms with Crippen molar-refractivity contribution in [2.45, 2.75) is 57.7 Å². The summed E-state index contributed by atoms with van der Waals surface area (Å²) in [5, 5.41) is 3.68. The van der Waals surface area contributed by atoms with Crippen LogP contribution < -0.4 is 5.32 Å². The van der Waals surface area contributed by atoms with E-state index >= 15 is 0 Å². The Morgan fingerprint density at radius 2 is 2.11 bits per heavy atom. The summed E-state index contributed by atoms with van der Waals surface area (Å²) in [5.41, 5.74) is 3.10. The Morgan fingerprint density at radius 3 is 2.89 bits per heavy atom. The van der Waals surface area contributed by atoms with Crippen molar-refractivity contribution in [1.29, 1.82) is 0 Å². The quantitative estimate of drug-likeness (QED) is 0.896. The fourth-order valence-electron chi connectivity index (χ4n) is 3.58. The molecule has 1 aromatic rings. The van der Waals surface area contributed by atoms with Gasteiger partial charge in [0.25, 0.3) is 0 Å². The van der Waals surface area contributed by atoms with Crippen molar-refractivity contribution in [3.8, 4) is 0 Å². The zero-order chi connectivity index (χ0) is 13.1. The predicted molar refractivity (Wildman–Crippen MR) is 80.3 cm³/mol. The zero-order valence-corrected chi connectivity index (χ0v) is 12.1. The molecule has 2 heterocycles. The Balaban J connectivity index is 1.58. The second-order valence-electron chi connectivity index (χ2n) is 6.22. The molecular formula is C17H26N2. The second kappa shape index (κ2) is 6.06. The molecular weight excluding hydrogens is 232 g/mol. The molecule has 2 aliphatic heterocycles. The van der Waals surface area contributed by atoms with E-state index < -0.39 is 0 Å². The lowest BCUT2D eigenvalue weighted by Gasteiger charge is -2.36. The van der Waals surface area contributed by atoms with Gasteiger partial charge in [-0.25, -0.2) is 0 Å². The van der Waals surface area contributed by atoms with Crippen LogP contribution in [0.2, 0.25) is 0 Å². The van der Waals surface area contributed by atoms with Gasteiger partial charge in [0.1, 0.15) is 0 Å². The van der Waals surface area contributed by atoms with Crippen LogP contribution in [0.4, 0.5) is 0 Å². The van der Waals surface area contributed by atoms with Gasteiger partial charge < -0.3 is 5.32 Å². The molecule has 1 N–H and O–H groups in total. The smallest absolute Gasteiger partial charge is 0.0239 e. The first-order valence-corrected chi connectivity index (χ1v) is 7.87. The van der Waals surface area contributed by atoms with Gasteiger partial charge in [0, 0.05) is 25.2 Å². The fourth-order valence-corrected chi connectivity index (χ4v) is 3.58. The van der Waals surface area contributed by atoms with Crippen molar-refractivity contribution in [3.63, 3.8) is 0 Å². The molecule has 0 bridgehead atoms. The molecule has 2 nitrogen and oxygen atoms in total. The number of benzene rings is 1. The van der Waals surface area contributed by atoms with Crippen LogP contribution in [0, 0.1) is 0 Å². The van der Waals surface area contributed by atoms with E-state index in [9.17, 15) is 0 Å². The summed E-state index contributed by atoms with van der Waals surface area (Å²) >= 11 is 0. The number of nitrogens with one attached hydrogen (secondary N) is 1. The Bertz CT molecular complexity index is 409. The number of hydrogen-bond acceptors (Lipinski definition) is 2. The summed E-state index contributed by atoms with van der Waals surface area (Å²) in [5.74, 6) is 0. The summed E-state index contributed by atoms with van der Waals surface area (Å²) in [6.07, 6.45) is 6.67. The van der Waals surface area contributed by atoms with Gasteiger partial charge in [0.2, 0.25) is 0 Å². The Hall–Kier alpha value is -0.860. The molecule has 1 fully saturated rings. The van der Waals surface area contributed by atoms with Crippen molar-refractivity contribution >= 4 is 0 Å². The minimum atomic E-state index is 0.698. The minimum absolute atomic E-state index is 0.698. The van der Waals surface area contributed by atoms with E-state index in [0.29, 0.717) is 6.04 Å². The average molecular weight is 258 g/mol. The molecule has 0 saturated carbocycles. The van der Waals surface area contributed by atoms with Crippen molar-refractivity contribution in [1.82, 2.24) is 10.2 Å². The number of rotatable bonds is 3.